The molecular formula is C9H15ClN2S. The van der Waals surface area contributed by atoms with Crippen LogP contribution in [0.15, 0.2) is 11.7 Å². The molecule has 0 aliphatic carbocycles. The highest BCUT2D eigenvalue weighted by Crippen LogP contribution is 2.08. The maximum absolute atomic E-state index is 5.76. The first kappa shape index (κ1) is 11.0. The van der Waals surface area contributed by atoms with Crippen LogP contribution in [0.3, 0.4) is 0 Å². The smallest absolute Gasteiger partial charge is 0.0794 e. The first-order chi connectivity index (χ1) is 6.24. The van der Waals surface area contributed by atoms with Crippen LogP contribution in [-0.2, 0) is 6.54 Å². The van der Waals surface area contributed by atoms with Crippen molar-refractivity contribution in [2.45, 2.75) is 26.4 Å². The Morgan fingerprint density at radius 2 is 2.38 bits per heavy atom. The van der Waals surface area contributed by atoms with E-state index in [9.17, 15) is 0 Å². The normalized spacial score (nSPS) is 15.6. The minimum Gasteiger partial charge on any atom is -0.309 e. The van der Waals surface area contributed by atoms with Gasteiger partial charge >= 0.3 is 0 Å². The predicted octanol–water partition coefficient (Wildman–Crippen LogP) is 2.50. The zero-order chi connectivity index (χ0) is 9.68. The van der Waals surface area contributed by atoms with Crippen LogP contribution >= 0.6 is 22.9 Å². The van der Waals surface area contributed by atoms with E-state index in [1.54, 1.807) is 11.3 Å². The summed E-state index contributed by atoms with van der Waals surface area (Å²) in [6.45, 7) is 5.21. The predicted molar refractivity (Wildman–Crippen MR) is 58.3 cm³/mol. The Balaban J connectivity index is 2.26. The second-order valence-electron chi connectivity index (χ2n) is 3.27. The molecule has 1 aromatic rings. The van der Waals surface area contributed by atoms with E-state index in [1.165, 1.54) is 4.88 Å². The second kappa shape index (κ2) is 5.58. The number of alkyl halides is 1. The summed E-state index contributed by atoms with van der Waals surface area (Å²) in [5, 5.41) is 3.42. The van der Waals surface area contributed by atoms with Crippen LogP contribution in [0.4, 0.5) is 0 Å². The molecule has 0 saturated heterocycles. The summed E-state index contributed by atoms with van der Waals surface area (Å²) in [5.41, 5.74) is 1.85. The fourth-order valence-electron chi connectivity index (χ4n) is 0.926. The summed E-state index contributed by atoms with van der Waals surface area (Å²) in [5.74, 6) is 1.21. The van der Waals surface area contributed by atoms with Crippen LogP contribution in [0.2, 0.25) is 0 Å². The Bertz CT molecular complexity index is 226. The molecule has 0 aromatic carbocycles. The van der Waals surface area contributed by atoms with Gasteiger partial charge < -0.3 is 5.32 Å². The molecular weight excluding hydrogens is 204 g/mol. The minimum atomic E-state index is 0.458. The quantitative estimate of drug-likeness (QED) is 0.769. The standard InChI is InChI=1S/C9H15ClN2S/c1-7(3-10)8(2)12-5-9-4-11-6-13-9/h4,6-8,12H,3,5H2,1-2H3. The fraction of sp³-hybridized carbons (Fsp3) is 0.667. The number of hydrogen-bond donors (Lipinski definition) is 1. The molecule has 2 nitrogen and oxygen atoms in total. The molecule has 1 aromatic heterocycles. The van der Waals surface area contributed by atoms with Crippen LogP contribution in [-0.4, -0.2) is 16.9 Å². The van der Waals surface area contributed by atoms with Gasteiger partial charge in [0.05, 0.1) is 5.51 Å². The van der Waals surface area contributed by atoms with Crippen molar-refractivity contribution < 1.29 is 0 Å². The largest absolute Gasteiger partial charge is 0.309 e. The molecule has 4 heteroatoms. The van der Waals surface area contributed by atoms with E-state index in [0.717, 1.165) is 6.54 Å². The zero-order valence-corrected chi connectivity index (χ0v) is 9.53. The van der Waals surface area contributed by atoms with Crippen LogP contribution in [0.1, 0.15) is 18.7 Å². The fourth-order valence-corrected chi connectivity index (χ4v) is 1.74. The van der Waals surface area contributed by atoms with E-state index in [2.05, 4.69) is 24.1 Å². The number of nitrogens with one attached hydrogen (secondary N) is 1. The van der Waals surface area contributed by atoms with E-state index in [-0.39, 0.29) is 0 Å². The number of halogens is 1. The first-order valence-corrected chi connectivity index (χ1v) is 5.82. The molecule has 0 spiro atoms. The molecule has 0 aliphatic rings. The summed E-state index contributed by atoms with van der Waals surface area (Å²) in [6, 6.07) is 0.458. The minimum absolute atomic E-state index is 0.458. The zero-order valence-electron chi connectivity index (χ0n) is 7.96. The van der Waals surface area contributed by atoms with E-state index in [1.807, 2.05) is 11.7 Å². The lowest BCUT2D eigenvalue weighted by Crippen LogP contribution is -2.32. The summed E-state index contributed by atoms with van der Waals surface area (Å²) in [4.78, 5) is 5.29. The molecule has 0 amide bonds. The van der Waals surface area contributed by atoms with Gasteiger partial charge in [0.1, 0.15) is 0 Å². The third-order valence-corrected chi connectivity index (χ3v) is 3.45. The van der Waals surface area contributed by atoms with Crippen molar-refractivity contribution in [2.75, 3.05) is 5.88 Å². The van der Waals surface area contributed by atoms with Crippen molar-refractivity contribution in [2.24, 2.45) is 5.92 Å². The molecule has 0 fully saturated rings. The molecule has 13 heavy (non-hydrogen) atoms. The van der Waals surface area contributed by atoms with Gasteiger partial charge in [0, 0.05) is 29.5 Å². The summed E-state index contributed by atoms with van der Waals surface area (Å²) >= 11 is 7.44. The highest BCUT2D eigenvalue weighted by Gasteiger charge is 2.09. The number of nitrogens with zero attached hydrogens (tertiary/aromatic N) is 1. The van der Waals surface area contributed by atoms with Gasteiger partial charge in [-0.2, -0.15) is 0 Å². The van der Waals surface area contributed by atoms with Gasteiger partial charge in [-0.1, -0.05) is 6.92 Å². The molecule has 2 unspecified atom stereocenters. The third-order valence-electron chi connectivity index (χ3n) is 2.18. The van der Waals surface area contributed by atoms with Crippen molar-refractivity contribution in [1.82, 2.24) is 10.3 Å². The van der Waals surface area contributed by atoms with Gasteiger partial charge in [0.15, 0.2) is 0 Å². The summed E-state index contributed by atoms with van der Waals surface area (Å²) < 4.78 is 0. The maximum atomic E-state index is 5.76. The van der Waals surface area contributed by atoms with Gasteiger partial charge in [-0.3, -0.25) is 4.98 Å². The third kappa shape index (κ3) is 3.63. The van der Waals surface area contributed by atoms with Crippen molar-refractivity contribution in [3.63, 3.8) is 0 Å². The van der Waals surface area contributed by atoms with Gasteiger partial charge in [0.2, 0.25) is 0 Å². The van der Waals surface area contributed by atoms with Crippen LogP contribution in [0.25, 0.3) is 0 Å². The van der Waals surface area contributed by atoms with Crippen molar-refractivity contribution in [3.05, 3.63) is 16.6 Å². The monoisotopic (exact) mass is 218 g/mol. The molecule has 1 N–H and O–H groups in total. The lowest BCUT2D eigenvalue weighted by molar-refractivity contribution is 0.431. The van der Waals surface area contributed by atoms with Gasteiger partial charge in [0.25, 0.3) is 0 Å². The second-order valence-corrected chi connectivity index (χ2v) is 4.55. The lowest BCUT2D eigenvalue weighted by Gasteiger charge is -2.18. The average Bonchev–Trinajstić information content (AvgIpc) is 2.65. The highest BCUT2D eigenvalue weighted by molar-refractivity contribution is 7.09. The molecule has 0 saturated carbocycles. The summed E-state index contributed by atoms with van der Waals surface area (Å²) in [7, 11) is 0. The number of aromatic nitrogens is 1. The number of rotatable bonds is 5. The van der Waals surface area contributed by atoms with Crippen molar-refractivity contribution >= 4 is 22.9 Å². The van der Waals surface area contributed by atoms with E-state index in [4.69, 9.17) is 11.6 Å². The van der Waals surface area contributed by atoms with Crippen LogP contribution in [0.5, 0.6) is 0 Å². The average molecular weight is 219 g/mol. The molecule has 1 rings (SSSR count). The molecule has 0 aliphatic heterocycles. The summed E-state index contributed by atoms with van der Waals surface area (Å²) in [6.07, 6.45) is 1.90. The van der Waals surface area contributed by atoms with E-state index in [0.29, 0.717) is 17.8 Å². The number of thiazole rings is 1. The van der Waals surface area contributed by atoms with Gasteiger partial charge in [-0.15, -0.1) is 22.9 Å². The highest BCUT2D eigenvalue weighted by atomic mass is 35.5. The van der Waals surface area contributed by atoms with Gasteiger partial charge in [-0.25, -0.2) is 0 Å². The molecule has 2 atom stereocenters. The van der Waals surface area contributed by atoms with Crippen LogP contribution < -0.4 is 5.32 Å². The van der Waals surface area contributed by atoms with Crippen LogP contribution in [0, 0.1) is 5.92 Å². The first-order valence-electron chi connectivity index (χ1n) is 4.40. The maximum Gasteiger partial charge on any atom is 0.0794 e. The van der Waals surface area contributed by atoms with Crippen molar-refractivity contribution in [1.29, 1.82) is 0 Å². The Morgan fingerprint density at radius 1 is 1.62 bits per heavy atom. The SMILES string of the molecule is CC(CCl)C(C)NCc1cncs1. The Labute approximate surface area is 88.3 Å². The van der Waals surface area contributed by atoms with E-state index < -0.39 is 0 Å². The Morgan fingerprint density at radius 3 is 2.92 bits per heavy atom. The lowest BCUT2D eigenvalue weighted by atomic mass is 10.1. The number of hydrogen-bond acceptors (Lipinski definition) is 3. The van der Waals surface area contributed by atoms with E-state index >= 15 is 0 Å². The van der Waals surface area contributed by atoms with Crippen molar-refractivity contribution in [3.8, 4) is 0 Å². The molecule has 74 valence electrons. The molecule has 0 bridgehead atoms. The Kier molecular flexibility index (Phi) is 4.70. The topological polar surface area (TPSA) is 24.9 Å². The molecule has 0 radical (unpaired) electrons. The Hall–Kier alpha value is -0.120. The van der Waals surface area contributed by atoms with Gasteiger partial charge in [-0.05, 0) is 12.8 Å². The molecule has 1 heterocycles.